The van der Waals surface area contributed by atoms with Gasteiger partial charge < -0.3 is 5.73 Å². The van der Waals surface area contributed by atoms with E-state index in [4.69, 9.17) is 5.73 Å². The van der Waals surface area contributed by atoms with E-state index in [9.17, 15) is 27.6 Å². The van der Waals surface area contributed by atoms with E-state index in [-0.39, 0.29) is 33.1 Å². The second-order valence-electron chi connectivity index (χ2n) is 8.65. The summed E-state index contributed by atoms with van der Waals surface area (Å²) in [5.41, 5.74) is 6.71. The Kier molecular flexibility index (Phi) is 5.45. The second-order valence-corrected chi connectivity index (χ2v) is 10.3. The number of benzene rings is 3. The number of hydrogen-bond acceptors (Lipinski definition) is 7. The van der Waals surface area contributed by atoms with E-state index in [2.05, 4.69) is 4.72 Å². The van der Waals surface area contributed by atoms with Crippen molar-refractivity contribution in [1.29, 1.82) is 0 Å². The van der Waals surface area contributed by atoms with E-state index in [1.165, 1.54) is 44.2 Å². The Balaban J connectivity index is 1.63. The number of nitrogens with two attached hydrogens (primary N) is 1. The first kappa shape index (κ1) is 23.9. The lowest BCUT2D eigenvalue weighted by Gasteiger charge is -2.21. The van der Waals surface area contributed by atoms with Crippen molar-refractivity contribution in [2.45, 2.75) is 18.7 Å². The van der Waals surface area contributed by atoms with Crippen molar-refractivity contribution in [2.75, 3.05) is 20.3 Å². The summed E-state index contributed by atoms with van der Waals surface area (Å²) >= 11 is 0. The minimum atomic E-state index is -4.22. The van der Waals surface area contributed by atoms with Crippen molar-refractivity contribution in [3.8, 4) is 0 Å². The van der Waals surface area contributed by atoms with E-state index in [0.29, 0.717) is 16.5 Å². The van der Waals surface area contributed by atoms with E-state index in [1.54, 1.807) is 24.3 Å². The van der Waals surface area contributed by atoms with Gasteiger partial charge in [-0.1, -0.05) is 24.3 Å². The molecule has 3 aromatic rings. The molecule has 0 atom stereocenters. The predicted octanol–water partition coefficient (Wildman–Crippen LogP) is 2.86. The van der Waals surface area contributed by atoms with Crippen LogP contribution in [-0.4, -0.2) is 32.0 Å². The van der Waals surface area contributed by atoms with Gasteiger partial charge in [0.05, 0.1) is 22.0 Å². The molecule has 0 bridgehead atoms. The topological polar surface area (TPSA) is 147 Å². The van der Waals surface area contributed by atoms with Crippen molar-refractivity contribution in [2.24, 2.45) is 0 Å². The van der Waals surface area contributed by atoms with Gasteiger partial charge >= 0.3 is 0 Å². The molecule has 0 aromatic heterocycles. The Labute approximate surface area is 211 Å². The number of sulfonamides is 1. The zero-order chi connectivity index (χ0) is 26.6. The van der Waals surface area contributed by atoms with Crippen LogP contribution in [0.3, 0.4) is 0 Å². The summed E-state index contributed by atoms with van der Waals surface area (Å²) in [7, 11) is -4.22. The Bertz CT molecular complexity index is 1670. The maximum atomic E-state index is 13.5. The molecule has 0 radical (unpaired) electrons. The fraction of sp³-hybridized carbons (Fsp3) is 0.0769. The number of rotatable bonds is 5. The minimum absolute atomic E-state index is 0.00869. The molecule has 3 N–H and O–H groups in total. The van der Waals surface area contributed by atoms with Crippen LogP contribution in [0.5, 0.6) is 0 Å². The van der Waals surface area contributed by atoms with Crippen LogP contribution in [0.4, 0.5) is 22.7 Å². The quantitative estimate of drug-likeness (QED) is 0.391. The maximum Gasteiger partial charge on any atom is 0.262 e. The zero-order valence-corrected chi connectivity index (χ0v) is 20.5. The summed E-state index contributed by atoms with van der Waals surface area (Å²) in [5.74, 6) is -2.47. The predicted molar refractivity (Wildman–Crippen MR) is 138 cm³/mol. The van der Waals surface area contributed by atoms with Crippen molar-refractivity contribution in [3.63, 3.8) is 0 Å². The molecule has 5 rings (SSSR count). The van der Waals surface area contributed by atoms with Crippen LogP contribution in [0, 0.1) is 0 Å². The number of carbonyl (C=O) groups is 4. The summed E-state index contributed by atoms with van der Waals surface area (Å²) in [5, 5.41) is 0.935. The summed E-state index contributed by atoms with van der Waals surface area (Å²) in [6, 6.07) is 13.5. The largest absolute Gasteiger partial charge is 0.398 e. The molecule has 0 saturated heterocycles. The fourth-order valence-corrected chi connectivity index (χ4v) is 5.57. The van der Waals surface area contributed by atoms with E-state index < -0.39 is 33.7 Å². The van der Waals surface area contributed by atoms with Crippen LogP contribution in [0.25, 0.3) is 10.8 Å². The van der Waals surface area contributed by atoms with Crippen LogP contribution in [0.2, 0.25) is 0 Å². The summed E-state index contributed by atoms with van der Waals surface area (Å²) in [6.07, 6.45) is 2.30. The number of nitrogen functional groups attached to an aromatic ring is 1. The number of anilines is 4. The highest BCUT2D eigenvalue weighted by Gasteiger charge is 2.34. The van der Waals surface area contributed by atoms with Gasteiger partial charge in [0, 0.05) is 39.8 Å². The Morgan fingerprint density at radius 2 is 1.24 bits per heavy atom. The Morgan fingerprint density at radius 1 is 0.730 bits per heavy atom. The van der Waals surface area contributed by atoms with Gasteiger partial charge in [0.25, 0.3) is 33.7 Å². The molecule has 2 aliphatic rings. The van der Waals surface area contributed by atoms with Crippen molar-refractivity contribution in [3.05, 3.63) is 77.9 Å². The highest BCUT2D eigenvalue weighted by atomic mass is 32.2. The molecule has 2 aliphatic heterocycles. The zero-order valence-electron chi connectivity index (χ0n) is 19.7. The molecule has 0 fully saturated rings. The molecular formula is C26H20N4O6S. The molecule has 186 valence electrons. The van der Waals surface area contributed by atoms with Gasteiger partial charge in [0.2, 0.25) is 0 Å². The lowest BCUT2D eigenvalue weighted by atomic mass is 10.1. The van der Waals surface area contributed by atoms with Gasteiger partial charge in [-0.2, -0.15) is 0 Å². The standard InChI is InChI=1S/C26H20N4O6S/c1-14-9-23(31)29(25(14)33)17-11-16(12-18(13-17)30-24(32)10-15(2)26(30)34)28-37(35,36)22-8-7-21(27)19-5-3-4-6-20(19)22/h3-13,28H,27H2,1-2H3. The van der Waals surface area contributed by atoms with E-state index in [1.807, 2.05) is 0 Å². The summed E-state index contributed by atoms with van der Waals surface area (Å²) < 4.78 is 29.4. The number of imide groups is 2. The van der Waals surface area contributed by atoms with Crippen molar-refractivity contribution < 1.29 is 27.6 Å². The molecule has 10 nitrogen and oxygen atoms in total. The Hall–Kier alpha value is -4.77. The molecular weight excluding hydrogens is 496 g/mol. The monoisotopic (exact) mass is 516 g/mol. The number of carbonyl (C=O) groups excluding carboxylic acids is 4. The molecule has 3 aromatic carbocycles. The first-order chi connectivity index (χ1) is 17.5. The van der Waals surface area contributed by atoms with E-state index >= 15 is 0 Å². The van der Waals surface area contributed by atoms with Gasteiger partial charge in [-0.25, -0.2) is 18.2 Å². The number of fused-ring (bicyclic) bond motifs is 1. The van der Waals surface area contributed by atoms with E-state index in [0.717, 1.165) is 22.0 Å². The van der Waals surface area contributed by atoms with Crippen LogP contribution in [-0.2, 0) is 29.2 Å². The lowest BCUT2D eigenvalue weighted by molar-refractivity contribution is -0.121. The SMILES string of the molecule is CC1=CC(=O)N(c2cc(NS(=O)(=O)c3ccc(N)c4ccccc34)cc(N3C(=O)C=C(C)C3=O)c2)C1=O. The lowest BCUT2D eigenvalue weighted by Crippen LogP contribution is -2.33. The van der Waals surface area contributed by atoms with Gasteiger partial charge in [-0.15, -0.1) is 0 Å². The highest BCUT2D eigenvalue weighted by molar-refractivity contribution is 7.93. The highest BCUT2D eigenvalue weighted by Crippen LogP contribution is 2.35. The van der Waals surface area contributed by atoms with Gasteiger partial charge in [-0.3, -0.25) is 23.9 Å². The molecule has 0 unspecified atom stereocenters. The first-order valence-corrected chi connectivity index (χ1v) is 12.5. The van der Waals surface area contributed by atoms with Crippen LogP contribution in [0.15, 0.2) is 82.8 Å². The molecule has 0 saturated carbocycles. The average molecular weight is 517 g/mol. The van der Waals surface area contributed by atoms with Gasteiger partial charge in [0.1, 0.15) is 0 Å². The molecule has 0 spiro atoms. The summed E-state index contributed by atoms with van der Waals surface area (Å²) in [6.45, 7) is 2.95. The number of hydrogen-bond donors (Lipinski definition) is 2. The summed E-state index contributed by atoms with van der Waals surface area (Å²) in [4.78, 5) is 52.0. The first-order valence-electron chi connectivity index (χ1n) is 11.1. The number of nitrogens with one attached hydrogen (secondary N) is 1. The molecule has 0 aliphatic carbocycles. The maximum absolute atomic E-state index is 13.5. The van der Waals surface area contributed by atoms with Gasteiger partial charge in [0.15, 0.2) is 0 Å². The normalized spacial score (nSPS) is 16.1. The van der Waals surface area contributed by atoms with Crippen LogP contribution >= 0.6 is 0 Å². The molecule has 37 heavy (non-hydrogen) atoms. The average Bonchev–Trinajstić information content (AvgIpc) is 3.24. The number of amides is 4. The Morgan fingerprint density at radius 3 is 1.73 bits per heavy atom. The smallest absolute Gasteiger partial charge is 0.262 e. The van der Waals surface area contributed by atoms with Gasteiger partial charge in [-0.05, 0) is 44.2 Å². The number of nitrogens with zero attached hydrogens (tertiary/aromatic N) is 2. The minimum Gasteiger partial charge on any atom is -0.398 e. The third-order valence-corrected chi connectivity index (χ3v) is 7.52. The second kappa shape index (κ2) is 8.42. The van der Waals surface area contributed by atoms with Crippen molar-refractivity contribution in [1.82, 2.24) is 0 Å². The van der Waals surface area contributed by atoms with Crippen LogP contribution in [0.1, 0.15) is 13.8 Å². The molecule has 4 amide bonds. The van der Waals surface area contributed by atoms with Crippen LogP contribution < -0.4 is 20.3 Å². The fourth-order valence-electron chi connectivity index (χ4n) is 4.32. The van der Waals surface area contributed by atoms with Crippen molar-refractivity contribution >= 4 is 67.2 Å². The molecule has 11 heteroatoms. The third-order valence-electron chi connectivity index (χ3n) is 6.08. The molecule has 2 heterocycles. The third kappa shape index (κ3) is 3.95.